The number of aromatic nitrogens is 3. The first-order chi connectivity index (χ1) is 18.2. The Morgan fingerprint density at radius 3 is 2.34 bits per heavy atom. The van der Waals surface area contributed by atoms with Crippen LogP contribution in [0.3, 0.4) is 0 Å². The van der Waals surface area contributed by atoms with Crippen molar-refractivity contribution in [1.29, 1.82) is 0 Å². The number of aryl methyl sites for hydroxylation is 2. The first-order valence-electron chi connectivity index (χ1n) is 12.4. The van der Waals surface area contributed by atoms with E-state index in [4.69, 9.17) is 4.74 Å². The van der Waals surface area contributed by atoms with E-state index in [9.17, 15) is 18.3 Å². The summed E-state index contributed by atoms with van der Waals surface area (Å²) < 4.78 is 33.9. The zero-order valence-electron chi connectivity index (χ0n) is 21.9. The van der Waals surface area contributed by atoms with Crippen molar-refractivity contribution in [2.24, 2.45) is 0 Å². The van der Waals surface area contributed by atoms with E-state index in [1.54, 1.807) is 44.5 Å². The number of sulfone groups is 1. The van der Waals surface area contributed by atoms with Gasteiger partial charge in [0.05, 0.1) is 18.0 Å². The number of rotatable bonds is 9. The minimum atomic E-state index is -4.38. The highest BCUT2D eigenvalue weighted by molar-refractivity contribution is 7.91. The summed E-state index contributed by atoms with van der Waals surface area (Å²) in [5.41, 5.74) is 2.44. The van der Waals surface area contributed by atoms with Crippen LogP contribution < -0.4 is 10.3 Å². The van der Waals surface area contributed by atoms with Crippen LogP contribution in [0.15, 0.2) is 81.4 Å². The van der Waals surface area contributed by atoms with E-state index in [0.29, 0.717) is 18.0 Å². The Morgan fingerprint density at radius 2 is 1.74 bits per heavy atom. The SMILES string of the molecule is CCCCc1nc(O)c(S(=O)(=O)c2ccc(-c3cccnc3C)cc2)c(=O)n1C(C)c1ccc(OC)cc1. The molecule has 2 aromatic carbocycles. The van der Waals surface area contributed by atoms with Crippen molar-refractivity contribution in [2.45, 2.75) is 55.9 Å². The maximum atomic E-state index is 13.8. The molecule has 0 bridgehead atoms. The summed E-state index contributed by atoms with van der Waals surface area (Å²) >= 11 is 0. The maximum Gasteiger partial charge on any atom is 0.277 e. The van der Waals surface area contributed by atoms with Gasteiger partial charge in [0.25, 0.3) is 5.56 Å². The van der Waals surface area contributed by atoms with E-state index in [2.05, 4.69) is 9.97 Å². The van der Waals surface area contributed by atoms with E-state index in [1.807, 2.05) is 38.1 Å². The summed E-state index contributed by atoms with van der Waals surface area (Å²) in [5.74, 6) is 0.210. The summed E-state index contributed by atoms with van der Waals surface area (Å²) in [7, 11) is -2.81. The molecule has 0 saturated heterocycles. The maximum absolute atomic E-state index is 13.8. The Kier molecular flexibility index (Phi) is 7.97. The number of nitrogens with zero attached hydrogens (tertiary/aromatic N) is 3. The van der Waals surface area contributed by atoms with Gasteiger partial charge in [-0.3, -0.25) is 14.3 Å². The van der Waals surface area contributed by atoms with Crippen molar-refractivity contribution in [1.82, 2.24) is 14.5 Å². The molecule has 8 nitrogen and oxygen atoms in total. The number of unbranched alkanes of at least 4 members (excludes halogenated alkanes) is 1. The molecule has 2 aromatic heterocycles. The number of methoxy groups -OCH3 is 1. The lowest BCUT2D eigenvalue weighted by molar-refractivity contribution is 0.411. The summed E-state index contributed by atoms with van der Waals surface area (Å²) in [5, 5.41) is 10.8. The van der Waals surface area contributed by atoms with Crippen LogP contribution in [0.2, 0.25) is 0 Å². The molecule has 2 heterocycles. The van der Waals surface area contributed by atoms with Gasteiger partial charge < -0.3 is 9.84 Å². The second-order valence-corrected chi connectivity index (χ2v) is 11.0. The molecule has 0 radical (unpaired) electrons. The fraction of sp³-hybridized carbons (Fsp3) is 0.276. The molecule has 9 heteroatoms. The summed E-state index contributed by atoms with van der Waals surface area (Å²) in [4.78, 5) is 21.5. The lowest BCUT2D eigenvalue weighted by Gasteiger charge is -2.21. The molecule has 0 aliphatic rings. The smallest absolute Gasteiger partial charge is 0.277 e. The fourth-order valence-electron chi connectivity index (χ4n) is 4.45. The lowest BCUT2D eigenvalue weighted by Crippen LogP contribution is -2.32. The lowest BCUT2D eigenvalue weighted by atomic mass is 10.1. The molecular weight excluding hydrogens is 502 g/mol. The summed E-state index contributed by atoms with van der Waals surface area (Å²) in [6.07, 6.45) is 3.67. The van der Waals surface area contributed by atoms with Gasteiger partial charge in [-0.15, -0.1) is 0 Å². The van der Waals surface area contributed by atoms with Crippen molar-refractivity contribution in [3.63, 3.8) is 0 Å². The Bertz CT molecular complexity index is 1600. The molecule has 1 unspecified atom stereocenters. The first-order valence-corrected chi connectivity index (χ1v) is 13.9. The van der Waals surface area contributed by atoms with Crippen LogP contribution in [0.25, 0.3) is 11.1 Å². The van der Waals surface area contributed by atoms with Crippen molar-refractivity contribution < 1.29 is 18.3 Å². The Hall–Kier alpha value is -3.98. The molecule has 0 spiro atoms. The molecule has 4 rings (SSSR count). The first kappa shape index (κ1) is 27.1. The van der Waals surface area contributed by atoms with Gasteiger partial charge in [-0.1, -0.05) is 43.7 Å². The molecule has 0 aliphatic carbocycles. The Balaban J connectivity index is 1.83. The van der Waals surface area contributed by atoms with Gasteiger partial charge in [0.1, 0.15) is 11.6 Å². The summed E-state index contributed by atoms with van der Waals surface area (Å²) in [6.45, 7) is 5.68. The minimum absolute atomic E-state index is 0.109. The zero-order chi connectivity index (χ0) is 27.4. The van der Waals surface area contributed by atoms with Crippen LogP contribution in [0, 0.1) is 6.92 Å². The highest BCUT2D eigenvalue weighted by Gasteiger charge is 2.31. The number of aromatic hydroxyl groups is 1. The topological polar surface area (TPSA) is 111 Å². The number of benzene rings is 2. The van der Waals surface area contributed by atoms with Gasteiger partial charge in [0.15, 0.2) is 4.90 Å². The average Bonchev–Trinajstić information content (AvgIpc) is 2.91. The Labute approximate surface area is 222 Å². The van der Waals surface area contributed by atoms with Crippen molar-refractivity contribution in [3.8, 4) is 22.8 Å². The van der Waals surface area contributed by atoms with E-state index < -0.39 is 32.2 Å². The van der Waals surface area contributed by atoms with Crippen LogP contribution in [0.5, 0.6) is 11.6 Å². The van der Waals surface area contributed by atoms with Crippen molar-refractivity contribution >= 4 is 9.84 Å². The third kappa shape index (κ3) is 5.19. The van der Waals surface area contributed by atoms with Crippen LogP contribution in [0.1, 0.15) is 49.8 Å². The highest BCUT2D eigenvalue weighted by atomic mass is 32.2. The Morgan fingerprint density at radius 1 is 1.05 bits per heavy atom. The fourth-order valence-corrected chi connectivity index (χ4v) is 5.79. The third-order valence-corrected chi connectivity index (χ3v) is 8.41. The van der Waals surface area contributed by atoms with Gasteiger partial charge in [-0.2, -0.15) is 4.98 Å². The monoisotopic (exact) mass is 533 g/mol. The second kappa shape index (κ2) is 11.2. The molecule has 38 heavy (non-hydrogen) atoms. The molecule has 0 saturated carbocycles. The van der Waals surface area contributed by atoms with Gasteiger partial charge in [0.2, 0.25) is 15.7 Å². The van der Waals surface area contributed by atoms with E-state index in [0.717, 1.165) is 35.2 Å². The molecule has 4 aromatic rings. The van der Waals surface area contributed by atoms with Crippen LogP contribution >= 0.6 is 0 Å². The summed E-state index contributed by atoms with van der Waals surface area (Å²) in [6, 6.07) is 16.6. The predicted molar refractivity (Wildman–Crippen MR) is 145 cm³/mol. The molecule has 0 amide bonds. The zero-order valence-corrected chi connectivity index (χ0v) is 22.7. The minimum Gasteiger partial charge on any atom is -0.497 e. The number of pyridine rings is 1. The van der Waals surface area contributed by atoms with Crippen molar-refractivity contribution in [2.75, 3.05) is 7.11 Å². The number of hydrogen-bond donors (Lipinski definition) is 1. The highest BCUT2D eigenvalue weighted by Crippen LogP contribution is 2.30. The molecule has 0 fully saturated rings. The normalized spacial score (nSPS) is 12.3. The predicted octanol–water partition coefficient (Wildman–Crippen LogP) is 5.11. The van der Waals surface area contributed by atoms with Gasteiger partial charge in [-0.25, -0.2) is 8.42 Å². The van der Waals surface area contributed by atoms with E-state index in [-0.39, 0.29) is 4.90 Å². The van der Waals surface area contributed by atoms with Gasteiger partial charge >= 0.3 is 0 Å². The number of hydrogen-bond acceptors (Lipinski definition) is 7. The molecule has 1 atom stereocenters. The van der Waals surface area contributed by atoms with E-state index >= 15 is 0 Å². The van der Waals surface area contributed by atoms with Gasteiger partial charge in [-0.05, 0) is 61.7 Å². The quantitative estimate of drug-likeness (QED) is 0.318. The standard InChI is InChI=1S/C29H31N3O5S/c1-5-6-9-26-31-28(33)27(29(34)32(26)20(3)21-10-14-23(37-4)15-11-21)38(35,36)24-16-12-22(13-17-24)25-8-7-18-30-19(25)2/h7-8,10-18,20,33H,5-6,9H2,1-4H3. The number of ether oxygens (including phenoxy) is 1. The molecular formula is C29H31N3O5S. The molecule has 0 aliphatic heterocycles. The van der Waals surface area contributed by atoms with Crippen molar-refractivity contribution in [3.05, 3.63) is 94.3 Å². The van der Waals surface area contributed by atoms with Crippen LogP contribution in [0.4, 0.5) is 0 Å². The van der Waals surface area contributed by atoms with Crippen LogP contribution in [-0.2, 0) is 16.3 Å². The van der Waals surface area contributed by atoms with E-state index in [1.165, 1.54) is 16.7 Å². The van der Waals surface area contributed by atoms with Gasteiger partial charge in [0, 0.05) is 23.9 Å². The largest absolute Gasteiger partial charge is 0.497 e. The molecule has 198 valence electrons. The average molecular weight is 534 g/mol. The second-order valence-electron chi connectivity index (χ2n) is 9.07. The third-order valence-electron chi connectivity index (χ3n) is 6.62. The molecule has 1 N–H and O–H groups in total. The van der Waals surface area contributed by atoms with Crippen LogP contribution in [-0.4, -0.2) is 35.2 Å².